The van der Waals surface area contributed by atoms with Crippen LogP contribution in [-0.4, -0.2) is 21.9 Å². The molecule has 0 aliphatic heterocycles. The Morgan fingerprint density at radius 3 is 2.82 bits per heavy atom. The Balaban J connectivity index is 1.88. The highest BCUT2D eigenvalue weighted by Crippen LogP contribution is 2.25. The lowest BCUT2D eigenvalue weighted by Crippen LogP contribution is -2.25. The summed E-state index contributed by atoms with van der Waals surface area (Å²) in [5.74, 6) is 0.696. The molecule has 6 heteroatoms. The van der Waals surface area contributed by atoms with E-state index in [2.05, 4.69) is 49.9 Å². The maximum Gasteiger partial charge on any atom is 0.258 e. The third-order valence-corrected chi connectivity index (χ3v) is 5.33. The minimum absolute atomic E-state index is 0.0261. The first kappa shape index (κ1) is 15.4. The summed E-state index contributed by atoms with van der Waals surface area (Å²) < 4.78 is 1.13. The van der Waals surface area contributed by atoms with Crippen LogP contribution in [0, 0.1) is 0 Å². The maximum absolute atomic E-state index is 12.2. The van der Waals surface area contributed by atoms with Crippen molar-refractivity contribution in [2.45, 2.75) is 19.5 Å². The molecule has 22 heavy (non-hydrogen) atoms. The highest BCUT2D eigenvalue weighted by atomic mass is 79.9. The molecule has 3 rings (SSSR count). The number of fused-ring (bicyclic) bond motifs is 1. The summed E-state index contributed by atoms with van der Waals surface area (Å²) in [6, 6.07) is 11.6. The van der Waals surface area contributed by atoms with Gasteiger partial charge in [0.15, 0.2) is 0 Å². The summed E-state index contributed by atoms with van der Waals surface area (Å²) in [6.45, 7) is 2.86. The molecule has 0 radical (unpaired) electrons. The van der Waals surface area contributed by atoms with Crippen LogP contribution in [0.4, 0.5) is 0 Å². The zero-order valence-corrected chi connectivity index (χ0v) is 14.7. The average Bonchev–Trinajstić information content (AvgIpc) is 2.91. The van der Waals surface area contributed by atoms with Crippen molar-refractivity contribution in [1.29, 1.82) is 0 Å². The highest BCUT2D eigenvalue weighted by Gasteiger charge is 2.16. The number of hydrogen-bond donors (Lipinski definition) is 1. The second kappa shape index (κ2) is 6.32. The van der Waals surface area contributed by atoms with Gasteiger partial charge < -0.3 is 4.98 Å². The number of para-hydroxylation sites is 1. The normalized spacial score (nSPS) is 12.9. The van der Waals surface area contributed by atoms with Crippen molar-refractivity contribution in [3.8, 4) is 0 Å². The molecule has 3 aromatic rings. The summed E-state index contributed by atoms with van der Waals surface area (Å²) >= 11 is 5.20. The van der Waals surface area contributed by atoms with E-state index in [1.165, 1.54) is 4.88 Å². The summed E-state index contributed by atoms with van der Waals surface area (Å²) in [7, 11) is 2.04. The summed E-state index contributed by atoms with van der Waals surface area (Å²) in [4.78, 5) is 23.1. The monoisotopic (exact) mass is 377 g/mol. The standard InChI is InChI=1S/C16H16BrN3OS/c1-10(20(2)9-11-7-8-14(17)22-11)15-18-13-6-4-3-5-12(13)16(21)19-15/h3-8,10H,9H2,1-2H3,(H,18,19,21)/t10-/m1/s1. The summed E-state index contributed by atoms with van der Waals surface area (Å²) in [6.07, 6.45) is 0. The molecule has 0 fully saturated rings. The molecule has 0 saturated carbocycles. The smallest absolute Gasteiger partial charge is 0.258 e. The Morgan fingerprint density at radius 1 is 1.32 bits per heavy atom. The lowest BCUT2D eigenvalue weighted by atomic mass is 10.2. The molecule has 0 unspecified atom stereocenters. The lowest BCUT2D eigenvalue weighted by molar-refractivity contribution is 0.246. The first-order valence-corrected chi connectivity index (χ1v) is 8.59. The molecule has 0 aliphatic carbocycles. The van der Waals surface area contributed by atoms with Crippen LogP contribution in [0.5, 0.6) is 0 Å². The minimum atomic E-state index is -0.0836. The molecular weight excluding hydrogens is 362 g/mol. The van der Waals surface area contributed by atoms with Gasteiger partial charge in [0.05, 0.1) is 20.7 Å². The van der Waals surface area contributed by atoms with Crippen molar-refractivity contribution in [3.63, 3.8) is 0 Å². The van der Waals surface area contributed by atoms with Crippen LogP contribution in [0.2, 0.25) is 0 Å². The van der Waals surface area contributed by atoms with Crippen LogP contribution in [0.15, 0.2) is 45.0 Å². The highest BCUT2D eigenvalue weighted by molar-refractivity contribution is 9.11. The average molecular weight is 378 g/mol. The van der Waals surface area contributed by atoms with Gasteiger partial charge in [0, 0.05) is 11.4 Å². The van der Waals surface area contributed by atoms with Crippen molar-refractivity contribution in [3.05, 3.63) is 61.2 Å². The van der Waals surface area contributed by atoms with E-state index in [4.69, 9.17) is 0 Å². The van der Waals surface area contributed by atoms with Crippen molar-refractivity contribution in [2.24, 2.45) is 0 Å². The second-order valence-electron chi connectivity index (χ2n) is 5.27. The number of halogens is 1. The molecule has 4 nitrogen and oxygen atoms in total. The number of H-pyrrole nitrogens is 1. The van der Waals surface area contributed by atoms with Gasteiger partial charge in [-0.3, -0.25) is 9.69 Å². The van der Waals surface area contributed by atoms with Crippen LogP contribution < -0.4 is 5.56 Å². The fraction of sp³-hybridized carbons (Fsp3) is 0.250. The third kappa shape index (κ3) is 3.14. The molecular formula is C16H16BrN3OS. The molecule has 1 N–H and O–H groups in total. The zero-order chi connectivity index (χ0) is 15.7. The molecule has 2 aromatic heterocycles. The van der Waals surface area contributed by atoms with Gasteiger partial charge >= 0.3 is 0 Å². The van der Waals surface area contributed by atoms with Gasteiger partial charge in [-0.2, -0.15) is 0 Å². The molecule has 0 bridgehead atoms. The number of rotatable bonds is 4. The number of aromatic nitrogens is 2. The Hall–Kier alpha value is -1.50. The molecule has 0 aliphatic rings. The van der Waals surface area contributed by atoms with Gasteiger partial charge in [-0.25, -0.2) is 4.98 Å². The van der Waals surface area contributed by atoms with Crippen molar-refractivity contribution < 1.29 is 0 Å². The number of hydrogen-bond acceptors (Lipinski definition) is 4. The van der Waals surface area contributed by atoms with E-state index in [1.54, 1.807) is 17.4 Å². The second-order valence-corrected chi connectivity index (χ2v) is 7.81. The molecule has 0 amide bonds. The van der Waals surface area contributed by atoms with Gasteiger partial charge in [0.2, 0.25) is 0 Å². The fourth-order valence-corrected chi connectivity index (χ4v) is 3.88. The van der Waals surface area contributed by atoms with E-state index < -0.39 is 0 Å². The van der Waals surface area contributed by atoms with Crippen LogP contribution >= 0.6 is 27.3 Å². The molecule has 0 spiro atoms. The quantitative estimate of drug-likeness (QED) is 0.748. The fourth-order valence-electron chi connectivity index (χ4n) is 2.33. The van der Waals surface area contributed by atoms with Crippen LogP contribution in [0.25, 0.3) is 10.9 Å². The predicted octanol–water partition coefficient (Wildman–Crippen LogP) is 3.94. The third-order valence-electron chi connectivity index (χ3n) is 3.72. The Bertz CT molecular complexity index is 858. The van der Waals surface area contributed by atoms with E-state index in [9.17, 15) is 4.79 Å². The number of thiophene rings is 1. The Labute approximate surface area is 140 Å². The first-order valence-electron chi connectivity index (χ1n) is 6.98. The summed E-state index contributed by atoms with van der Waals surface area (Å²) in [5.41, 5.74) is 0.653. The van der Waals surface area contributed by atoms with Crippen LogP contribution in [-0.2, 0) is 6.54 Å². The maximum atomic E-state index is 12.2. The van der Waals surface area contributed by atoms with Gasteiger partial charge in [0.1, 0.15) is 5.82 Å². The van der Waals surface area contributed by atoms with Gasteiger partial charge in [-0.1, -0.05) is 12.1 Å². The lowest BCUT2D eigenvalue weighted by Gasteiger charge is -2.23. The van der Waals surface area contributed by atoms with E-state index in [-0.39, 0.29) is 11.6 Å². The number of nitrogens with zero attached hydrogens (tertiary/aromatic N) is 2. The predicted molar refractivity (Wildman–Crippen MR) is 94.3 cm³/mol. The Morgan fingerprint density at radius 2 is 2.09 bits per heavy atom. The van der Waals surface area contributed by atoms with Crippen LogP contribution in [0.1, 0.15) is 23.7 Å². The SMILES string of the molecule is C[C@H](c1nc2ccccc2c(=O)[nH]1)N(C)Cc1ccc(Br)s1. The Kier molecular flexibility index (Phi) is 4.42. The number of benzene rings is 1. The number of aromatic amines is 1. The molecule has 1 atom stereocenters. The van der Waals surface area contributed by atoms with Gasteiger partial charge in [0.25, 0.3) is 5.56 Å². The van der Waals surface area contributed by atoms with Gasteiger partial charge in [-0.05, 0) is 54.2 Å². The van der Waals surface area contributed by atoms with E-state index in [1.807, 2.05) is 25.2 Å². The largest absolute Gasteiger partial charge is 0.309 e. The van der Waals surface area contributed by atoms with Crippen LogP contribution in [0.3, 0.4) is 0 Å². The number of nitrogens with one attached hydrogen (secondary N) is 1. The molecule has 1 aromatic carbocycles. The molecule has 2 heterocycles. The van der Waals surface area contributed by atoms with Crippen molar-refractivity contribution in [2.75, 3.05) is 7.05 Å². The molecule has 0 saturated heterocycles. The molecule has 114 valence electrons. The van der Waals surface area contributed by atoms with E-state index in [0.29, 0.717) is 11.2 Å². The van der Waals surface area contributed by atoms with Gasteiger partial charge in [-0.15, -0.1) is 11.3 Å². The van der Waals surface area contributed by atoms with Crippen molar-refractivity contribution in [1.82, 2.24) is 14.9 Å². The topological polar surface area (TPSA) is 49.0 Å². The zero-order valence-electron chi connectivity index (χ0n) is 12.3. The minimum Gasteiger partial charge on any atom is -0.309 e. The van der Waals surface area contributed by atoms with Crippen molar-refractivity contribution >= 4 is 38.2 Å². The first-order chi connectivity index (χ1) is 10.5. The van der Waals surface area contributed by atoms with E-state index in [0.717, 1.165) is 15.8 Å². The summed E-state index contributed by atoms with van der Waals surface area (Å²) in [5, 5.41) is 0.628. The van der Waals surface area contributed by atoms with E-state index >= 15 is 0 Å².